The summed E-state index contributed by atoms with van der Waals surface area (Å²) in [6.07, 6.45) is 4.58. The molecule has 0 aromatic heterocycles. The lowest BCUT2D eigenvalue weighted by atomic mass is 9.94. The number of nitrogens with one attached hydrogen (secondary N) is 1. The topological polar surface area (TPSA) is 24.6 Å². The Kier molecular flexibility index (Phi) is 2.14. The molecule has 3 atom stereocenters. The van der Waals surface area contributed by atoms with Gasteiger partial charge in [-0.05, 0) is 31.7 Å². The molecule has 0 saturated carbocycles. The average molecular weight is 155 g/mol. The number of hydrogen-bond donors (Lipinski definition) is 1. The Hall–Kier alpha value is -0.0800. The summed E-state index contributed by atoms with van der Waals surface area (Å²) in [4.78, 5) is 0. The van der Waals surface area contributed by atoms with Crippen molar-refractivity contribution in [2.24, 2.45) is 5.92 Å². The van der Waals surface area contributed by atoms with E-state index in [-0.39, 0.29) is 0 Å². The molecule has 0 bridgehead atoms. The van der Waals surface area contributed by atoms with Crippen molar-refractivity contribution in [3.8, 4) is 0 Å². The van der Waals surface area contributed by atoms with Crippen molar-refractivity contribution in [1.29, 1.82) is 0 Å². The van der Waals surface area contributed by atoms with Crippen molar-refractivity contribution in [2.75, 3.05) is 13.2 Å². The van der Waals surface area contributed by atoms with Gasteiger partial charge in [-0.2, -0.15) is 0 Å². The van der Waals surface area contributed by atoms with Gasteiger partial charge >= 0.3 is 0 Å². The van der Waals surface area contributed by atoms with E-state index >= 15 is 0 Å². The predicted octanol–water partition coefficient (Wildman–Crippen LogP) is 1.16. The Morgan fingerprint density at radius 2 is 2.27 bits per heavy atom. The van der Waals surface area contributed by atoms with Crippen LogP contribution in [0.5, 0.6) is 0 Å². The molecule has 0 amide bonds. The summed E-state index contributed by atoms with van der Waals surface area (Å²) in [7, 11) is 0. The van der Waals surface area contributed by atoms with Crippen LogP contribution in [0.1, 0.15) is 26.2 Å². The maximum Gasteiger partial charge on any atom is 0.0824 e. The number of rotatable bonds is 2. The molecule has 2 heteroatoms. The quantitative estimate of drug-likeness (QED) is 0.605. The van der Waals surface area contributed by atoms with Gasteiger partial charge in [0.1, 0.15) is 0 Å². The molecule has 0 spiro atoms. The zero-order valence-electron chi connectivity index (χ0n) is 7.18. The molecular formula is C9H17NO. The number of ether oxygens (including phenoxy) is 1. The van der Waals surface area contributed by atoms with E-state index < -0.39 is 0 Å². The largest absolute Gasteiger partial charge is 0.373 e. The van der Waals surface area contributed by atoms with Crippen LogP contribution in [-0.4, -0.2) is 25.3 Å². The standard InChI is InChI=1S/C9H17NO/c1-7-2-3-8(10-5-7)4-9-6-11-9/h7-10H,2-6H2,1H3. The van der Waals surface area contributed by atoms with E-state index in [4.69, 9.17) is 4.74 Å². The van der Waals surface area contributed by atoms with Gasteiger partial charge in [-0.1, -0.05) is 6.92 Å². The van der Waals surface area contributed by atoms with Crippen LogP contribution in [0.4, 0.5) is 0 Å². The van der Waals surface area contributed by atoms with E-state index in [0.29, 0.717) is 6.10 Å². The normalized spacial score (nSPS) is 43.9. The lowest BCUT2D eigenvalue weighted by Crippen LogP contribution is -2.38. The lowest BCUT2D eigenvalue weighted by molar-refractivity contribution is 0.287. The van der Waals surface area contributed by atoms with Crippen molar-refractivity contribution in [1.82, 2.24) is 5.32 Å². The molecule has 2 fully saturated rings. The van der Waals surface area contributed by atoms with Gasteiger partial charge in [-0.25, -0.2) is 0 Å². The fourth-order valence-electron chi connectivity index (χ4n) is 1.78. The summed E-state index contributed by atoms with van der Waals surface area (Å²) in [6.45, 7) is 4.53. The molecule has 3 unspecified atom stereocenters. The van der Waals surface area contributed by atoms with Crippen LogP contribution < -0.4 is 5.32 Å². The van der Waals surface area contributed by atoms with Gasteiger partial charge in [0, 0.05) is 6.04 Å². The number of piperidine rings is 1. The molecular weight excluding hydrogens is 138 g/mol. The van der Waals surface area contributed by atoms with Crippen molar-refractivity contribution in [2.45, 2.75) is 38.3 Å². The highest BCUT2D eigenvalue weighted by Crippen LogP contribution is 2.22. The van der Waals surface area contributed by atoms with E-state index in [1.807, 2.05) is 0 Å². The van der Waals surface area contributed by atoms with Gasteiger partial charge in [0.25, 0.3) is 0 Å². The molecule has 0 aromatic rings. The van der Waals surface area contributed by atoms with Crippen molar-refractivity contribution in [3.63, 3.8) is 0 Å². The van der Waals surface area contributed by atoms with E-state index in [1.54, 1.807) is 0 Å². The van der Waals surface area contributed by atoms with Gasteiger partial charge in [-0.15, -0.1) is 0 Å². The third-order valence-corrected chi connectivity index (χ3v) is 2.71. The van der Waals surface area contributed by atoms with Crippen molar-refractivity contribution < 1.29 is 4.74 Å². The summed E-state index contributed by atoms with van der Waals surface area (Å²) < 4.78 is 5.20. The maximum atomic E-state index is 5.20. The van der Waals surface area contributed by atoms with Gasteiger partial charge in [-0.3, -0.25) is 0 Å². The highest BCUT2D eigenvalue weighted by atomic mass is 16.6. The van der Waals surface area contributed by atoms with Gasteiger partial charge in [0.05, 0.1) is 12.7 Å². The van der Waals surface area contributed by atoms with E-state index in [1.165, 1.54) is 25.8 Å². The lowest BCUT2D eigenvalue weighted by Gasteiger charge is -2.27. The monoisotopic (exact) mass is 155 g/mol. The predicted molar refractivity (Wildman–Crippen MR) is 44.5 cm³/mol. The molecule has 2 aliphatic heterocycles. The van der Waals surface area contributed by atoms with Crippen LogP contribution in [0, 0.1) is 5.92 Å². The summed E-state index contributed by atoms with van der Waals surface area (Å²) in [5, 5.41) is 3.56. The number of epoxide rings is 1. The van der Waals surface area contributed by atoms with Crippen LogP contribution in [0.3, 0.4) is 0 Å². The van der Waals surface area contributed by atoms with Crippen LogP contribution >= 0.6 is 0 Å². The average Bonchev–Trinajstić information content (AvgIpc) is 2.78. The zero-order valence-corrected chi connectivity index (χ0v) is 7.18. The van der Waals surface area contributed by atoms with Gasteiger partial charge < -0.3 is 10.1 Å². The molecule has 2 saturated heterocycles. The first-order chi connectivity index (χ1) is 5.34. The molecule has 2 nitrogen and oxygen atoms in total. The molecule has 2 heterocycles. The van der Waals surface area contributed by atoms with E-state index in [0.717, 1.165) is 18.6 Å². The fourth-order valence-corrected chi connectivity index (χ4v) is 1.78. The second kappa shape index (κ2) is 3.11. The maximum absolute atomic E-state index is 5.20. The summed E-state index contributed by atoms with van der Waals surface area (Å²) in [5.41, 5.74) is 0. The van der Waals surface area contributed by atoms with Crippen LogP contribution in [0.2, 0.25) is 0 Å². The first-order valence-electron chi connectivity index (χ1n) is 4.69. The minimum Gasteiger partial charge on any atom is -0.373 e. The minimum atomic E-state index is 0.598. The van der Waals surface area contributed by atoms with Crippen LogP contribution in [0.15, 0.2) is 0 Å². The first-order valence-corrected chi connectivity index (χ1v) is 4.69. The second-order valence-corrected chi connectivity index (χ2v) is 3.98. The molecule has 0 radical (unpaired) electrons. The highest BCUT2D eigenvalue weighted by Gasteiger charge is 2.28. The Labute approximate surface area is 68.3 Å². The first kappa shape index (κ1) is 7.56. The van der Waals surface area contributed by atoms with Crippen LogP contribution in [-0.2, 0) is 4.74 Å². The summed E-state index contributed by atoms with van der Waals surface area (Å²) in [5.74, 6) is 0.881. The smallest absolute Gasteiger partial charge is 0.0824 e. The Bertz CT molecular complexity index is 126. The summed E-state index contributed by atoms with van der Waals surface area (Å²) >= 11 is 0. The van der Waals surface area contributed by atoms with Crippen LogP contribution in [0.25, 0.3) is 0 Å². The third kappa shape index (κ3) is 2.17. The Morgan fingerprint density at radius 1 is 1.45 bits per heavy atom. The molecule has 64 valence electrons. The van der Waals surface area contributed by atoms with Crippen molar-refractivity contribution >= 4 is 0 Å². The highest BCUT2D eigenvalue weighted by molar-refractivity contribution is 4.82. The SMILES string of the molecule is CC1CCC(CC2CO2)NC1. The van der Waals surface area contributed by atoms with Crippen molar-refractivity contribution in [3.05, 3.63) is 0 Å². The van der Waals surface area contributed by atoms with Gasteiger partial charge in [0.15, 0.2) is 0 Å². The van der Waals surface area contributed by atoms with E-state index in [9.17, 15) is 0 Å². The van der Waals surface area contributed by atoms with E-state index in [2.05, 4.69) is 12.2 Å². The molecule has 11 heavy (non-hydrogen) atoms. The number of hydrogen-bond acceptors (Lipinski definition) is 2. The minimum absolute atomic E-state index is 0.598. The van der Waals surface area contributed by atoms with Gasteiger partial charge in [0.2, 0.25) is 0 Å². The molecule has 2 aliphatic rings. The summed E-state index contributed by atoms with van der Waals surface area (Å²) in [6, 6.07) is 0.749. The second-order valence-electron chi connectivity index (χ2n) is 3.98. The fraction of sp³-hybridized carbons (Fsp3) is 1.00. The third-order valence-electron chi connectivity index (χ3n) is 2.71. The Balaban J connectivity index is 1.69. The molecule has 0 aromatic carbocycles. The molecule has 2 rings (SSSR count). The zero-order chi connectivity index (χ0) is 7.68. The Morgan fingerprint density at radius 3 is 2.82 bits per heavy atom. The molecule has 0 aliphatic carbocycles. The molecule has 1 N–H and O–H groups in total.